The van der Waals surface area contributed by atoms with Crippen LogP contribution in [0.5, 0.6) is 17.2 Å². The molecule has 1 saturated carbocycles. The Kier molecular flexibility index (Phi) is 16.0. The third-order valence-electron chi connectivity index (χ3n) is 9.39. The van der Waals surface area contributed by atoms with E-state index in [1.54, 1.807) is 12.1 Å². The molecule has 0 bridgehead atoms. The number of hydrogen-bond donors (Lipinski definition) is 2. The van der Waals surface area contributed by atoms with Gasteiger partial charge in [-0.3, -0.25) is 0 Å². The standard InChI is InChI=1S/C43H52O9/c1-5-6-7-8-33-9-13-35(14-10-33)37-17-19-38(20-18-37)36-15-11-34(12-16-36)27-48-39-23-40(49-28-51-42(46)30(2)21-22-44)25-41(24-39)50-29-52-43(47)32(4)31(3)26-45/h11-12,15-20,23-25,33,35,44-45H,2-10,13-14,21-22,26-29H2,1H3. The van der Waals surface area contributed by atoms with Gasteiger partial charge in [0.2, 0.25) is 13.6 Å². The molecule has 0 atom stereocenters. The number of esters is 2. The van der Waals surface area contributed by atoms with Crippen LogP contribution in [0.3, 0.4) is 0 Å². The van der Waals surface area contributed by atoms with E-state index in [0.717, 1.165) is 17.0 Å². The van der Waals surface area contributed by atoms with E-state index in [4.69, 9.17) is 28.8 Å². The number of carbonyl (C=O) groups is 2. The molecule has 0 amide bonds. The Hall–Kier alpha value is -4.86. The fourth-order valence-corrected chi connectivity index (χ4v) is 6.14. The molecule has 3 aromatic rings. The van der Waals surface area contributed by atoms with E-state index in [1.807, 2.05) is 12.1 Å². The molecule has 0 radical (unpaired) electrons. The van der Waals surface area contributed by atoms with Crippen LogP contribution in [-0.2, 0) is 25.7 Å². The van der Waals surface area contributed by atoms with E-state index in [-0.39, 0.29) is 47.9 Å². The minimum absolute atomic E-state index is 0.0645. The van der Waals surface area contributed by atoms with Crippen molar-refractivity contribution in [2.24, 2.45) is 5.92 Å². The highest BCUT2D eigenvalue weighted by Crippen LogP contribution is 2.38. The van der Waals surface area contributed by atoms with Crippen molar-refractivity contribution < 1.29 is 43.5 Å². The average Bonchev–Trinajstić information content (AvgIpc) is 3.17. The molecule has 9 heteroatoms. The van der Waals surface area contributed by atoms with Crippen molar-refractivity contribution in [3.05, 3.63) is 114 Å². The van der Waals surface area contributed by atoms with Gasteiger partial charge in [0.25, 0.3) is 0 Å². The Balaban J connectivity index is 1.34. The van der Waals surface area contributed by atoms with Crippen LogP contribution >= 0.6 is 0 Å². The van der Waals surface area contributed by atoms with E-state index in [2.05, 4.69) is 63.1 Å². The summed E-state index contributed by atoms with van der Waals surface area (Å²) in [6.45, 7) is 11.7. The first-order valence-corrected chi connectivity index (χ1v) is 18.0. The zero-order valence-corrected chi connectivity index (χ0v) is 30.3. The summed E-state index contributed by atoms with van der Waals surface area (Å²) < 4.78 is 27.5. The normalized spacial score (nSPS) is 15.3. The molecule has 1 aliphatic rings. The van der Waals surface area contributed by atoms with Crippen LogP contribution in [0.15, 0.2) is 103 Å². The lowest BCUT2D eigenvalue weighted by atomic mass is 9.77. The Morgan fingerprint density at radius 1 is 0.712 bits per heavy atom. The van der Waals surface area contributed by atoms with E-state index in [0.29, 0.717) is 11.7 Å². The van der Waals surface area contributed by atoms with Gasteiger partial charge < -0.3 is 33.9 Å². The van der Waals surface area contributed by atoms with Crippen LogP contribution < -0.4 is 14.2 Å². The number of aliphatic hydroxyl groups excluding tert-OH is 2. The van der Waals surface area contributed by atoms with Crippen molar-refractivity contribution in [3.63, 3.8) is 0 Å². The number of unbranched alkanes of at least 4 members (excludes halogenated alkanes) is 2. The first kappa shape index (κ1) is 39.9. The molecular formula is C43H52O9. The number of benzene rings is 3. The van der Waals surface area contributed by atoms with Crippen molar-refractivity contribution in [2.75, 3.05) is 26.8 Å². The van der Waals surface area contributed by atoms with Crippen LogP contribution in [0.4, 0.5) is 0 Å². The van der Waals surface area contributed by atoms with Gasteiger partial charge in [-0.25, -0.2) is 9.59 Å². The largest absolute Gasteiger partial charge is 0.489 e. The molecule has 52 heavy (non-hydrogen) atoms. The van der Waals surface area contributed by atoms with Crippen LogP contribution in [0, 0.1) is 5.92 Å². The fourth-order valence-electron chi connectivity index (χ4n) is 6.14. The van der Waals surface area contributed by atoms with Gasteiger partial charge in [0.05, 0.1) is 12.2 Å². The molecule has 2 N–H and O–H groups in total. The zero-order valence-electron chi connectivity index (χ0n) is 30.3. The summed E-state index contributed by atoms with van der Waals surface area (Å²) in [5.74, 6) is 0.989. The summed E-state index contributed by atoms with van der Waals surface area (Å²) in [5, 5.41) is 18.2. The molecule has 1 fully saturated rings. The number of ether oxygens (including phenoxy) is 5. The Morgan fingerprint density at radius 3 is 1.83 bits per heavy atom. The SMILES string of the molecule is C=C(CO)C(=C)C(=O)OCOc1cc(OCOC(=O)C(=C)CCO)cc(OCc2ccc(-c3ccc(C4CCC(CCCCC)CC4)cc3)cc2)c1. The van der Waals surface area contributed by atoms with E-state index < -0.39 is 32.1 Å². The molecule has 0 heterocycles. The lowest BCUT2D eigenvalue weighted by Gasteiger charge is -2.29. The first-order chi connectivity index (χ1) is 25.2. The maximum atomic E-state index is 12.2. The van der Waals surface area contributed by atoms with Crippen LogP contribution in [0.25, 0.3) is 11.1 Å². The quantitative estimate of drug-likeness (QED) is 0.0368. The van der Waals surface area contributed by atoms with Crippen LogP contribution in [0.2, 0.25) is 0 Å². The maximum Gasteiger partial charge on any atom is 0.340 e. The van der Waals surface area contributed by atoms with Crippen molar-refractivity contribution in [2.45, 2.75) is 77.2 Å². The summed E-state index contributed by atoms with van der Waals surface area (Å²) in [7, 11) is 0. The van der Waals surface area contributed by atoms with E-state index >= 15 is 0 Å². The average molecular weight is 713 g/mol. The second kappa shape index (κ2) is 20.9. The summed E-state index contributed by atoms with van der Waals surface area (Å²) in [6, 6.07) is 21.9. The molecule has 0 spiro atoms. The van der Waals surface area contributed by atoms with Crippen molar-refractivity contribution in [1.29, 1.82) is 0 Å². The number of carbonyl (C=O) groups excluding carboxylic acids is 2. The molecule has 1 aliphatic carbocycles. The van der Waals surface area contributed by atoms with Gasteiger partial charge in [0.1, 0.15) is 23.9 Å². The molecule has 0 aliphatic heterocycles. The highest BCUT2D eigenvalue weighted by atomic mass is 16.7. The molecule has 9 nitrogen and oxygen atoms in total. The number of hydrogen-bond acceptors (Lipinski definition) is 9. The van der Waals surface area contributed by atoms with Gasteiger partial charge in [-0.15, -0.1) is 0 Å². The zero-order chi connectivity index (χ0) is 37.3. The van der Waals surface area contributed by atoms with Crippen LogP contribution in [-0.4, -0.2) is 49.0 Å². The highest BCUT2D eigenvalue weighted by molar-refractivity contribution is 5.92. The van der Waals surface area contributed by atoms with E-state index in [9.17, 15) is 14.7 Å². The predicted octanol–water partition coefficient (Wildman–Crippen LogP) is 8.59. The summed E-state index contributed by atoms with van der Waals surface area (Å²) >= 11 is 0. The second-order valence-corrected chi connectivity index (χ2v) is 13.2. The van der Waals surface area contributed by atoms with Gasteiger partial charge >= 0.3 is 11.9 Å². The lowest BCUT2D eigenvalue weighted by Crippen LogP contribution is -2.14. The van der Waals surface area contributed by atoms with Gasteiger partial charge in [0.15, 0.2) is 0 Å². The lowest BCUT2D eigenvalue weighted by molar-refractivity contribution is -0.146. The van der Waals surface area contributed by atoms with Crippen molar-refractivity contribution >= 4 is 11.9 Å². The van der Waals surface area contributed by atoms with Crippen molar-refractivity contribution in [1.82, 2.24) is 0 Å². The summed E-state index contributed by atoms with van der Waals surface area (Å²) in [6.07, 6.45) is 10.8. The van der Waals surface area contributed by atoms with Gasteiger partial charge in [-0.2, -0.15) is 0 Å². The fraction of sp³-hybridized carbons (Fsp3) is 0.395. The Morgan fingerprint density at radius 2 is 1.27 bits per heavy atom. The molecule has 0 unspecified atom stereocenters. The monoisotopic (exact) mass is 712 g/mol. The minimum atomic E-state index is -0.784. The molecular weight excluding hydrogens is 660 g/mol. The summed E-state index contributed by atoms with van der Waals surface area (Å²) in [4.78, 5) is 24.2. The summed E-state index contributed by atoms with van der Waals surface area (Å²) in [5.41, 5.74) is 4.87. The minimum Gasteiger partial charge on any atom is -0.489 e. The van der Waals surface area contributed by atoms with Crippen molar-refractivity contribution in [3.8, 4) is 28.4 Å². The first-order valence-electron chi connectivity index (χ1n) is 18.0. The molecule has 4 rings (SSSR count). The van der Waals surface area contributed by atoms with E-state index in [1.165, 1.54) is 68.6 Å². The smallest absolute Gasteiger partial charge is 0.340 e. The number of rotatable bonds is 21. The maximum absolute atomic E-state index is 12.2. The molecule has 3 aromatic carbocycles. The third kappa shape index (κ3) is 12.4. The third-order valence-corrected chi connectivity index (χ3v) is 9.39. The highest BCUT2D eigenvalue weighted by Gasteiger charge is 2.22. The van der Waals surface area contributed by atoms with Gasteiger partial charge in [0, 0.05) is 36.8 Å². The molecule has 0 aromatic heterocycles. The molecule has 0 saturated heterocycles. The van der Waals surface area contributed by atoms with Crippen LogP contribution in [0.1, 0.15) is 81.8 Å². The Labute approximate surface area is 307 Å². The van der Waals surface area contributed by atoms with Gasteiger partial charge in [-0.1, -0.05) is 101 Å². The molecule has 278 valence electrons. The number of aliphatic hydroxyl groups is 2. The Bertz CT molecular complexity index is 1630. The second-order valence-electron chi connectivity index (χ2n) is 13.2. The predicted molar refractivity (Wildman–Crippen MR) is 201 cm³/mol. The van der Waals surface area contributed by atoms with Gasteiger partial charge in [-0.05, 0) is 65.3 Å². The topological polar surface area (TPSA) is 121 Å².